The lowest BCUT2D eigenvalue weighted by molar-refractivity contribution is -0.113. The van der Waals surface area contributed by atoms with Gasteiger partial charge in [0.15, 0.2) is 0 Å². The maximum atomic E-state index is 10.9. The fourth-order valence-corrected chi connectivity index (χ4v) is 2.17. The van der Waals surface area contributed by atoms with E-state index in [1.165, 1.54) is 0 Å². The SMILES string of the molecule is CCC=CC1C(C(=O)Cl)C1(C)C. The van der Waals surface area contributed by atoms with Crippen molar-refractivity contribution in [1.29, 1.82) is 0 Å². The zero-order valence-corrected chi connectivity index (χ0v) is 8.56. The predicted octanol–water partition coefficient (Wildman–Crippen LogP) is 2.99. The van der Waals surface area contributed by atoms with E-state index in [1.54, 1.807) is 0 Å². The zero-order valence-electron chi connectivity index (χ0n) is 7.80. The molecule has 0 heterocycles. The topological polar surface area (TPSA) is 17.1 Å². The molecule has 0 saturated heterocycles. The fourth-order valence-electron chi connectivity index (χ4n) is 1.75. The van der Waals surface area contributed by atoms with Gasteiger partial charge in [-0.25, -0.2) is 0 Å². The van der Waals surface area contributed by atoms with Crippen molar-refractivity contribution < 1.29 is 4.79 Å². The molecular formula is C10H15ClO. The molecule has 1 fully saturated rings. The van der Waals surface area contributed by atoms with Crippen LogP contribution in [0, 0.1) is 17.3 Å². The Kier molecular flexibility index (Phi) is 2.62. The predicted molar refractivity (Wildman–Crippen MR) is 51.1 cm³/mol. The van der Waals surface area contributed by atoms with Crippen LogP contribution in [0.25, 0.3) is 0 Å². The van der Waals surface area contributed by atoms with Crippen molar-refractivity contribution in [3.8, 4) is 0 Å². The third-order valence-electron chi connectivity index (χ3n) is 2.73. The highest BCUT2D eigenvalue weighted by Crippen LogP contribution is 2.59. The molecule has 0 amide bonds. The van der Waals surface area contributed by atoms with Crippen LogP contribution in [0.3, 0.4) is 0 Å². The van der Waals surface area contributed by atoms with Crippen LogP contribution < -0.4 is 0 Å². The summed E-state index contributed by atoms with van der Waals surface area (Å²) >= 11 is 5.46. The second-order valence-electron chi connectivity index (χ2n) is 3.97. The van der Waals surface area contributed by atoms with Crippen molar-refractivity contribution in [2.24, 2.45) is 17.3 Å². The Hall–Kier alpha value is -0.300. The van der Waals surface area contributed by atoms with Crippen molar-refractivity contribution in [2.75, 3.05) is 0 Å². The van der Waals surface area contributed by atoms with Crippen molar-refractivity contribution in [1.82, 2.24) is 0 Å². The van der Waals surface area contributed by atoms with Crippen molar-refractivity contribution in [3.63, 3.8) is 0 Å². The van der Waals surface area contributed by atoms with Gasteiger partial charge in [0.05, 0.1) is 0 Å². The zero-order chi connectivity index (χ0) is 9.35. The molecule has 1 aliphatic rings. The highest BCUT2D eigenvalue weighted by Gasteiger charge is 2.59. The summed E-state index contributed by atoms with van der Waals surface area (Å²) in [4.78, 5) is 10.9. The Morgan fingerprint density at radius 1 is 1.58 bits per heavy atom. The molecule has 0 spiro atoms. The van der Waals surface area contributed by atoms with Gasteiger partial charge >= 0.3 is 0 Å². The van der Waals surface area contributed by atoms with E-state index in [0.717, 1.165) is 6.42 Å². The number of halogens is 1. The Labute approximate surface area is 78.8 Å². The monoisotopic (exact) mass is 186 g/mol. The molecule has 2 heteroatoms. The van der Waals surface area contributed by atoms with Crippen molar-refractivity contribution in [2.45, 2.75) is 27.2 Å². The van der Waals surface area contributed by atoms with E-state index in [0.29, 0.717) is 5.92 Å². The second-order valence-corrected chi connectivity index (χ2v) is 4.34. The van der Waals surface area contributed by atoms with Crippen LogP contribution in [0.5, 0.6) is 0 Å². The lowest BCUT2D eigenvalue weighted by Gasteiger charge is -1.95. The Morgan fingerprint density at radius 2 is 2.17 bits per heavy atom. The van der Waals surface area contributed by atoms with Gasteiger partial charge in [0.25, 0.3) is 0 Å². The van der Waals surface area contributed by atoms with Crippen molar-refractivity contribution in [3.05, 3.63) is 12.2 Å². The normalized spacial score (nSPS) is 32.3. The van der Waals surface area contributed by atoms with E-state index in [9.17, 15) is 4.79 Å². The Morgan fingerprint density at radius 3 is 2.50 bits per heavy atom. The largest absolute Gasteiger partial charge is 0.281 e. The first-order valence-corrected chi connectivity index (χ1v) is 4.75. The summed E-state index contributed by atoms with van der Waals surface area (Å²) < 4.78 is 0. The summed E-state index contributed by atoms with van der Waals surface area (Å²) in [6, 6.07) is 0. The Balaban J connectivity index is 2.60. The summed E-state index contributed by atoms with van der Waals surface area (Å²) in [6.45, 7) is 6.26. The first kappa shape index (κ1) is 9.79. The van der Waals surface area contributed by atoms with Crippen LogP contribution in [-0.4, -0.2) is 5.24 Å². The average molecular weight is 187 g/mol. The van der Waals surface area contributed by atoms with Crippen LogP contribution in [0.4, 0.5) is 0 Å². The van der Waals surface area contributed by atoms with Gasteiger partial charge in [0.1, 0.15) is 0 Å². The molecule has 2 atom stereocenters. The minimum Gasteiger partial charge on any atom is -0.281 e. The molecule has 0 aliphatic heterocycles. The number of carbonyl (C=O) groups is 1. The summed E-state index contributed by atoms with van der Waals surface area (Å²) in [6.07, 6.45) is 5.24. The van der Waals surface area contributed by atoms with E-state index >= 15 is 0 Å². The second kappa shape index (κ2) is 3.21. The fraction of sp³-hybridized carbons (Fsp3) is 0.700. The number of hydrogen-bond donors (Lipinski definition) is 0. The lowest BCUT2D eigenvalue weighted by atomic mass is 10.1. The molecule has 0 aromatic rings. The summed E-state index contributed by atoms with van der Waals surface area (Å²) in [5.41, 5.74) is 0.0878. The highest BCUT2D eigenvalue weighted by molar-refractivity contribution is 6.64. The maximum Gasteiger partial charge on any atom is 0.225 e. The van der Waals surface area contributed by atoms with Crippen LogP contribution in [0.2, 0.25) is 0 Å². The quantitative estimate of drug-likeness (QED) is 0.489. The van der Waals surface area contributed by atoms with Crippen LogP contribution in [0.15, 0.2) is 12.2 Å². The first-order chi connectivity index (χ1) is 5.51. The third kappa shape index (κ3) is 1.56. The first-order valence-electron chi connectivity index (χ1n) is 4.37. The third-order valence-corrected chi connectivity index (χ3v) is 2.97. The number of carbonyl (C=O) groups excluding carboxylic acids is 1. The van der Waals surface area contributed by atoms with Gasteiger partial charge < -0.3 is 0 Å². The molecule has 0 radical (unpaired) electrons. The van der Waals surface area contributed by atoms with E-state index < -0.39 is 0 Å². The van der Waals surface area contributed by atoms with Gasteiger partial charge in [-0.3, -0.25) is 4.79 Å². The highest BCUT2D eigenvalue weighted by atomic mass is 35.5. The van der Waals surface area contributed by atoms with E-state index in [-0.39, 0.29) is 16.6 Å². The number of allylic oxidation sites excluding steroid dienone is 2. The van der Waals surface area contributed by atoms with Gasteiger partial charge in [0, 0.05) is 5.92 Å². The van der Waals surface area contributed by atoms with E-state index in [4.69, 9.17) is 11.6 Å². The molecular weight excluding hydrogens is 172 g/mol. The minimum absolute atomic E-state index is 0.0435. The molecule has 1 rings (SSSR count). The van der Waals surface area contributed by atoms with Gasteiger partial charge in [0.2, 0.25) is 5.24 Å². The lowest BCUT2D eigenvalue weighted by Crippen LogP contribution is -1.96. The maximum absolute atomic E-state index is 10.9. The molecule has 1 aliphatic carbocycles. The molecule has 2 unspecified atom stereocenters. The van der Waals surface area contributed by atoms with E-state index in [2.05, 4.69) is 32.9 Å². The minimum atomic E-state index is -0.189. The van der Waals surface area contributed by atoms with Crippen LogP contribution in [-0.2, 0) is 4.79 Å². The molecule has 0 aromatic heterocycles. The molecule has 1 saturated carbocycles. The average Bonchev–Trinajstić information content (AvgIpc) is 2.49. The van der Waals surface area contributed by atoms with Gasteiger partial charge in [-0.2, -0.15) is 0 Å². The van der Waals surface area contributed by atoms with Gasteiger partial charge in [-0.15, -0.1) is 0 Å². The Bertz CT molecular complexity index is 218. The molecule has 0 N–H and O–H groups in total. The van der Waals surface area contributed by atoms with E-state index in [1.807, 2.05) is 0 Å². The van der Waals surface area contributed by atoms with Gasteiger partial charge in [-0.1, -0.05) is 32.9 Å². The standard InChI is InChI=1S/C10H15ClO/c1-4-5-6-7-8(9(11)12)10(7,2)3/h5-8H,4H2,1-3H3. The molecule has 68 valence electrons. The molecule has 1 nitrogen and oxygen atoms in total. The molecule has 12 heavy (non-hydrogen) atoms. The van der Waals surface area contributed by atoms with Crippen molar-refractivity contribution >= 4 is 16.8 Å². The number of hydrogen-bond acceptors (Lipinski definition) is 1. The summed E-state index contributed by atoms with van der Waals surface area (Å²) in [5.74, 6) is 0.407. The molecule has 0 bridgehead atoms. The summed E-state index contributed by atoms with van der Waals surface area (Å²) in [5, 5.41) is -0.189. The van der Waals surface area contributed by atoms with Crippen LogP contribution >= 0.6 is 11.6 Å². The number of rotatable bonds is 3. The summed E-state index contributed by atoms with van der Waals surface area (Å²) in [7, 11) is 0. The smallest absolute Gasteiger partial charge is 0.225 e. The van der Waals surface area contributed by atoms with Crippen LogP contribution in [0.1, 0.15) is 27.2 Å². The molecule has 0 aromatic carbocycles. The van der Waals surface area contributed by atoms with Gasteiger partial charge in [-0.05, 0) is 29.4 Å².